The number of aliphatic hydroxyl groups excluding tert-OH is 1. The van der Waals surface area contributed by atoms with Crippen LogP contribution in [0.1, 0.15) is 11.1 Å². The number of hydrogen-bond acceptors (Lipinski definition) is 5. The number of hydrogen-bond donors (Lipinski definition) is 5. The van der Waals surface area contributed by atoms with Gasteiger partial charge in [-0.15, -0.1) is 0 Å². The number of amides is 1. The molecule has 0 saturated carbocycles. The first kappa shape index (κ1) is 23.5. The van der Waals surface area contributed by atoms with Gasteiger partial charge in [-0.1, -0.05) is 12.1 Å². The maximum absolute atomic E-state index is 13.4. The van der Waals surface area contributed by atoms with Crippen molar-refractivity contribution in [3.63, 3.8) is 0 Å². The number of aliphatic hydroxyl groups is 1. The zero-order chi connectivity index (χ0) is 22.3. The van der Waals surface area contributed by atoms with E-state index in [0.717, 1.165) is 24.0 Å². The number of nitrogens with one attached hydrogen (secondary N) is 3. The number of benzene rings is 2. The van der Waals surface area contributed by atoms with Crippen molar-refractivity contribution in [3.8, 4) is 0 Å². The Hall–Kier alpha value is -2.76. The molecule has 2 atom stereocenters. The Bertz CT molecular complexity index is 968. The molecule has 8 nitrogen and oxygen atoms in total. The molecule has 2 aromatic carbocycles. The molecule has 2 aromatic rings. The quantitative estimate of drug-likeness (QED) is 0.380. The summed E-state index contributed by atoms with van der Waals surface area (Å²) in [5.41, 5.74) is 1.31. The summed E-state index contributed by atoms with van der Waals surface area (Å²) in [6.45, 7) is 0.247. The van der Waals surface area contributed by atoms with E-state index < -0.39 is 39.9 Å². The Labute approximate surface area is 173 Å². The Balaban J connectivity index is 1.98. The van der Waals surface area contributed by atoms with Crippen molar-refractivity contribution >= 4 is 21.8 Å². The Morgan fingerprint density at radius 3 is 2.37 bits per heavy atom. The number of rotatable bonds is 10. The lowest BCUT2D eigenvalue weighted by atomic mass is 10.0. The molecule has 11 heteroatoms. The van der Waals surface area contributed by atoms with Crippen LogP contribution in [-0.2, 0) is 23.0 Å². The average Bonchev–Trinajstić information content (AvgIpc) is 2.58. The fraction of sp³-hybridized carbons (Fsp3) is 0.316. The zero-order valence-corrected chi connectivity index (χ0v) is 16.9. The first-order valence-electron chi connectivity index (χ1n) is 8.92. The summed E-state index contributed by atoms with van der Waals surface area (Å²) in [5, 5.41) is 24.5. The number of carbonyl (C=O) groups is 1. The molecule has 0 bridgehead atoms. The van der Waals surface area contributed by atoms with Crippen molar-refractivity contribution in [1.29, 1.82) is 0 Å². The van der Waals surface area contributed by atoms with Crippen LogP contribution in [0.5, 0.6) is 0 Å². The molecule has 0 fully saturated rings. The number of carboxylic acid groups (broad SMARTS) is 1. The third kappa shape index (κ3) is 8.31. The Morgan fingerprint density at radius 2 is 1.77 bits per heavy atom. The lowest BCUT2D eigenvalue weighted by Crippen LogP contribution is -2.48. The molecule has 0 unspecified atom stereocenters. The predicted molar refractivity (Wildman–Crippen MR) is 108 cm³/mol. The van der Waals surface area contributed by atoms with Crippen molar-refractivity contribution in [2.75, 3.05) is 17.5 Å². The Morgan fingerprint density at radius 1 is 1.10 bits per heavy atom. The van der Waals surface area contributed by atoms with Gasteiger partial charge in [0.25, 0.3) is 0 Å². The fourth-order valence-electron chi connectivity index (χ4n) is 2.89. The summed E-state index contributed by atoms with van der Waals surface area (Å²) in [6, 6.07) is 8.44. The number of sulfonamides is 1. The molecule has 1 amide bonds. The minimum atomic E-state index is -3.41. The van der Waals surface area contributed by atoms with E-state index in [1.54, 1.807) is 24.3 Å². The second-order valence-corrected chi connectivity index (χ2v) is 8.56. The van der Waals surface area contributed by atoms with Gasteiger partial charge in [-0.25, -0.2) is 22.0 Å². The second-order valence-electron chi connectivity index (χ2n) is 6.81. The summed E-state index contributed by atoms with van der Waals surface area (Å²) in [4.78, 5) is 11.0. The van der Waals surface area contributed by atoms with Gasteiger partial charge in [0.2, 0.25) is 10.0 Å². The standard InChI is InChI=1S/C19H23F2N3O5S/c1-30(28,29)24-16-4-2-3-12(7-16)10-22-11-18(25)17(23-19(26)27)8-13-5-14(20)9-15(21)6-13/h2-7,9,17-18,22-25H,8,10-11H2,1H3,(H,26,27)/t17-,18-/m0/s1. The van der Waals surface area contributed by atoms with Crippen molar-refractivity contribution in [1.82, 2.24) is 10.6 Å². The molecule has 0 spiro atoms. The minimum absolute atomic E-state index is 0.0214. The SMILES string of the molecule is CS(=O)(=O)Nc1cccc(CNC[C@H](O)[C@H](Cc2cc(F)cc(F)c2)NC(=O)O)c1. The first-order chi connectivity index (χ1) is 14.0. The lowest BCUT2D eigenvalue weighted by molar-refractivity contribution is 0.117. The molecule has 0 saturated heterocycles. The lowest BCUT2D eigenvalue weighted by Gasteiger charge is -2.23. The molecule has 0 aliphatic rings. The van der Waals surface area contributed by atoms with Gasteiger partial charge < -0.3 is 20.8 Å². The van der Waals surface area contributed by atoms with Crippen LogP contribution in [0, 0.1) is 11.6 Å². The normalized spacial score (nSPS) is 13.5. The molecule has 0 radical (unpaired) electrons. The largest absolute Gasteiger partial charge is 0.465 e. The highest BCUT2D eigenvalue weighted by Gasteiger charge is 2.22. The molecule has 0 aromatic heterocycles. The van der Waals surface area contributed by atoms with Gasteiger partial charge in [-0.3, -0.25) is 4.72 Å². The molecule has 5 N–H and O–H groups in total. The van der Waals surface area contributed by atoms with Crippen LogP contribution in [0.25, 0.3) is 0 Å². The van der Waals surface area contributed by atoms with Crippen molar-refractivity contribution in [2.24, 2.45) is 0 Å². The highest BCUT2D eigenvalue weighted by molar-refractivity contribution is 7.92. The van der Waals surface area contributed by atoms with Gasteiger partial charge in [-0.05, 0) is 41.8 Å². The molecule has 2 rings (SSSR count). The summed E-state index contributed by atoms with van der Waals surface area (Å²) in [7, 11) is -3.41. The minimum Gasteiger partial charge on any atom is -0.465 e. The molecular formula is C19H23F2N3O5S. The molecule has 0 aliphatic heterocycles. The monoisotopic (exact) mass is 443 g/mol. The van der Waals surface area contributed by atoms with Crippen LogP contribution in [0.3, 0.4) is 0 Å². The Kier molecular flexibility index (Phi) is 8.09. The van der Waals surface area contributed by atoms with E-state index >= 15 is 0 Å². The maximum Gasteiger partial charge on any atom is 0.404 e. The van der Waals surface area contributed by atoms with E-state index in [2.05, 4.69) is 15.4 Å². The molecule has 0 heterocycles. The van der Waals surface area contributed by atoms with Crippen LogP contribution in [-0.4, -0.2) is 49.7 Å². The van der Waals surface area contributed by atoms with Crippen LogP contribution < -0.4 is 15.4 Å². The fourth-order valence-corrected chi connectivity index (χ4v) is 3.45. The van der Waals surface area contributed by atoms with E-state index in [9.17, 15) is 27.1 Å². The summed E-state index contributed by atoms with van der Waals surface area (Å²) < 4.78 is 51.7. The van der Waals surface area contributed by atoms with E-state index in [0.29, 0.717) is 11.8 Å². The highest BCUT2D eigenvalue weighted by atomic mass is 32.2. The summed E-state index contributed by atoms with van der Waals surface area (Å²) in [5.74, 6) is -1.59. The van der Waals surface area contributed by atoms with Gasteiger partial charge in [0.15, 0.2) is 0 Å². The number of anilines is 1. The van der Waals surface area contributed by atoms with Crippen LogP contribution in [0.4, 0.5) is 19.3 Å². The van der Waals surface area contributed by atoms with E-state index in [4.69, 9.17) is 5.11 Å². The molecular weight excluding hydrogens is 420 g/mol. The molecule has 30 heavy (non-hydrogen) atoms. The smallest absolute Gasteiger partial charge is 0.404 e. The predicted octanol–water partition coefficient (Wildman–Crippen LogP) is 1.67. The summed E-state index contributed by atoms with van der Waals surface area (Å²) >= 11 is 0. The van der Waals surface area contributed by atoms with E-state index in [1.165, 1.54) is 0 Å². The summed E-state index contributed by atoms with van der Waals surface area (Å²) in [6.07, 6.45) is -1.65. The highest BCUT2D eigenvalue weighted by Crippen LogP contribution is 2.13. The van der Waals surface area contributed by atoms with Gasteiger partial charge in [0, 0.05) is 24.8 Å². The van der Waals surface area contributed by atoms with E-state index in [-0.39, 0.29) is 25.1 Å². The third-order valence-electron chi connectivity index (χ3n) is 4.06. The third-order valence-corrected chi connectivity index (χ3v) is 4.67. The van der Waals surface area contributed by atoms with Crippen molar-refractivity contribution in [3.05, 3.63) is 65.2 Å². The van der Waals surface area contributed by atoms with E-state index in [1.807, 2.05) is 0 Å². The van der Waals surface area contributed by atoms with Gasteiger partial charge in [0.1, 0.15) is 11.6 Å². The van der Waals surface area contributed by atoms with Gasteiger partial charge in [-0.2, -0.15) is 0 Å². The van der Waals surface area contributed by atoms with Crippen LogP contribution >= 0.6 is 0 Å². The average molecular weight is 443 g/mol. The van der Waals surface area contributed by atoms with Gasteiger partial charge >= 0.3 is 6.09 Å². The number of halogens is 2. The zero-order valence-electron chi connectivity index (χ0n) is 16.1. The van der Waals surface area contributed by atoms with Crippen molar-refractivity contribution < 1.29 is 32.2 Å². The topological polar surface area (TPSA) is 128 Å². The second kappa shape index (κ2) is 10.3. The molecule has 0 aliphatic carbocycles. The molecule has 164 valence electrons. The van der Waals surface area contributed by atoms with Crippen molar-refractivity contribution in [2.45, 2.75) is 25.1 Å². The van der Waals surface area contributed by atoms with Gasteiger partial charge in [0.05, 0.1) is 18.4 Å². The van der Waals surface area contributed by atoms with Crippen LogP contribution in [0.15, 0.2) is 42.5 Å². The first-order valence-corrected chi connectivity index (χ1v) is 10.8. The maximum atomic E-state index is 13.4. The van der Waals surface area contributed by atoms with Crippen LogP contribution in [0.2, 0.25) is 0 Å².